The molecule has 1 unspecified atom stereocenters. The van der Waals surface area contributed by atoms with Crippen LogP contribution >= 0.6 is 0 Å². The van der Waals surface area contributed by atoms with Crippen LogP contribution in [0.3, 0.4) is 0 Å². The molecule has 0 spiro atoms. The van der Waals surface area contributed by atoms with Gasteiger partial charge in [0.05, 0.1) is 6.54 Å². The van der Waals surface area contributed by atoms with Gasteiger partial charge >= 0.3 is 6.18 Å². The lowest BCUT2D eigenvalue weighted by molar-refractivity contribution is -0.150. The minimum atomic E-state index is -4.09. The van der Waals surface area contributed by atoms with Crippen LogP contribution in [-0.2, 0) is 0 Å². The topological polar surface area (TPSA) is 15.3 Å². The zero-order valence-corrected chi connectivity index (χ0v) is 13.2. The Kier molecular flexibility index (Phi) is 6.32. The molecule has 1 atom stereocenters. The van der Waals surface area contributed by atoms with Crippen molar-refractivity contribution in [2.75, 3.05) is 26.2 Å². The van der Waals surface area contributed by atoms with Gasteiger partial charge in [-0.3, -0.25) is 4.90 Å². The Bertz CT molecular complexity index is 287. The van der Waals surface area contributed by atoms with Gasteiger partial charge in [0, 0.05) is 19.1 Å². The van der Waals surface area contributed by atoms with Crippen LogP contribution in [0.15, 0.2) is 0 Å². The SMILES string of the molecule is CCC(C)(CNCC(C)C)CN(CC(F)(F)F)C1CC1. The van der Waals surface area contributed by atoms with Gasteiger partial charge in [-0.25, -0.2) is 0 Å². The smallest absolute Gasteiger partial charge is 0.316 e. The molecule has 0 aromatic carbocycles. The van der Waals surface area contributed by atoms with Gasteiger partial charge in [-0.1, -0.05) is 27.7 Å². The highest BCUT2D eigenvalue weighted by Gasteiger charge is 2.40. The van der Waals surface area contributed by atoms with Crippen LogP contribution in [0.1, 0.15) is 47.0 Å². The second-order valence-electron chi connectivity index (χ2n) is 6.94. The molecule has 0 aromatic rings. The first-order chi connectivity index (χ1) is 9.15. The highest BCUT2D eigenvalue weighted by atomic mass is 19.4. The van der Waals surface area contributed by atoms with Gasteiger partial charge in [0.2, 0.25) is 0 Å². The van der Waals surface area contributed by atoms with Crippen molar-refractivity contribution in [1.82, 2.24) is 10.2 Å². The number of hydrogen-bond donors (Lipinski definition) is 1. The average Bonchev–Trinajstić information content (AvgIpc) is 3.09. The quantitative estimate of drug-likeness (QED) is 0.698. The molecule has 0 saturated heterocycles. The van der Waals surface area contributed by atoms with Crippen LogP contribution in [0, 0.1) is 11.3 Å². The fraction of sp³-hybridized carbons (Fsp3) is 1.00. The molecule has 20 heavy (non-hydrogen) atoms. The van der Waals surface area contributed by atoms with Crippen molar-refractivity contribution in [3.63, 3.8) is 0 Å². The number of alkyl halides is 3. The van der Waals surface area contributed by atoms with E-state index in [1.54, 1.807) is 4.90 Å². The van der Waals surface area contributed by atoms with Gasteiger partial charge in [-0.2, -0.15) is 13.2 Å². The molecule has 0 amide bonds. The molecule has 1 N–H and O–H groups in total. The summed E-state index contributed by atoms with van der Waals surface area (Å²) in [4.78, 5) is 1.64. The summed E-state index contributed by atoms with van der Waals surface area (Å²) < 4.78 is 38.0. The average molecular weight is 294 g/mol. The summed E-state index contributed by atoms with van der Waals surface area (Å²) in [6.07, 6.45) is -1.38. The molecular formula is C15H29F3N2. The molecule has 0 aliphatic heterocycles. The predicted molar refractivity (Wildman–Crippen MR) is 76.8 cm³/mol. The van der Waals surface area contributed by atoms with Crippen molar-refractivity contribution < 1.29 is 13.2 Å². The van der Waals surface area contributed by atoms with Crippen molar-refractivity contribution in [1.29, 1.82) is 0 Å². The maximum atomic E-state index is 12.7. The number of rotatable bonds is 9. The minimum Gasteiger partial charge on any atom is -0.316 e. The maximum absolute atomic E-state index is 12.7. The Morgan fingerprint density at radius 3 is 2.20 bits per heavy atom. The fourth-order valence-corrected chi connectivity index (χ4v) is 2.43. The number of hydrogen-bond acceptors (Lipinski definition) is 2. The third-order valence-electron chi connectivity index (χ3n) is 3.99. The van der Waals surface area contributed by atoms with Crippen molar-refractivity contribution in [2.24, 2.45) is 11.3 Å². The second kappa shape index (κ2) is 7.12. The minimum absolute atomic E-state index is 0.0945. The van der Waals surface area contributed by atoms with Crippen LogP contribution in [0.4, 0.5) is 13.2 Å². The van der Waals surface area contributed by atoms with E-state index in [4.69, 9.17) is 0 Å². The summed E-state index contributed by atoms with van der Waals surface area (Å²) in [7, 11) is 0. The molecule has 2 nitrogen and oxygen atoms in total. The van der Waals surface area contributed by atoms with Crippen molar-refractivity contribution in [2.45, 2.75) is 59.2 Å². The van der Waals surface area contributed by atoms with Gasteiger partial charge in [-0.05, 0) is 37.1 Å². The molecule has 1 saturated carbocycles. The van der Waals surface area contributed by atoms with E-state index in [0.717, 1.165) is 32.4 Å². The van der Waals surface area contributed by atoms with Crippen molar-refractivity contribution in [3.8, 4) is 0 Å². The van der Waals surface area contributed by atoms with E-state index in [1.165, 1.54) is 0 Å². The molecule has 0 bridgehead atoms. The first kappa shape index (κ1) is 17.8. The predicted octanol–water partition coefficient (Wildman–Crippen LogP) is 3.68. The molecule has 1 fully saturated rings. The zero-order chi connectivity index (χ0) is 15.4. The highest BCUT2D eigenvalue weighted by Crippen LogP contribution is 2.33. The first-order valence-corrected chi connectivity index (χ1v) is 7.67. The summed E-state index contributed by atoms with van der Waals surface area (Å²) in [5.41, 5.74) is -0.0945. The Labute approximate surface area is 121 Å². The lowest BCUT2D eigenvalue weighted by Gasteiger charge is -2.36. The molecule has 0 heterocycles. The molecule has 1 rings (SSSR count). The summed E-state index contributed by atoms with van der Waals surface area (Å²) in [6, 6.07) is 0.146. The van der Waals surface area contributed by atoms with Crippen LogP contribution in [0.25, 0.3) is 0 Å². The van der Waals surface area contributed by atoms with E-state index in [0.29, 0.717) is 12.5 Å². The lowest BCUT2D eigenvalue weighted by atomic mass is 9.86. The third kappa shape index (κ3) is 6.93. The Hall–Kier alpha value is -0.290. The molecule has 1 aliphatic carbocycles. The fourth-order valence-electron chi connectivity index (χ4n) is 2.43. The van der Waals surface area contributed by atoms with E-state index in [1.807, 2.05) is 0 Å². The van der Waals surface area contributed by atoms with Crippen molar-refractivity contribution in [3.05, 3.63) is 0 Å². The lowest BCUT2D eigenvalue weighted by Crippen LogP contribution is -2.46. The van der Waals surface area contributed by atoms with E-state index in [2.05, 4.69) is 33.0 Å². The van der Waals surface area contributed by atoms with Crippen LogP contribution < -0.4 is 5.32 Å². The van der Waals surface area contributed by atoms with E-state index < -0.39 is 12.7 Å². The van der Waals surface area contributed by atoms with E-state index in [9.17, 15) is 13.2 Å². The van der Waals surface area contributed by atoms with Gasteiger partial charge < -0.3 is 5.32 Å². The zero-order valence-electron chi connectivity index (χ0n) is 13.2. The Morgan fingerprint density at radius 1 is 1.20 bits per heavy atom. The standard InChI is InChI=1S/C15H29F3N2/c1-5-14(4,9-19-8-12(2)3)10-20(13-6-7-13)11-15(16,17)18/h12-13,19H,5-11H2,1-4H3. The monoisotopic (exact) mass is 294 g/mol. The first-order valence-electron chi connectivity index (χ1n) is 7.67. The normalized spacial score (nSPS) is 19.6. The highest BCUT2D eigenvalue weighted by molar-refractivity contribution is 4.90. The van der Waals surface area contributed by atoms with Crippen LogP contribution in [-0.4, -0.2) is 43.3 Å². The summed E-state index contributed by atoms with van der Waals surface area (Å²) >= 11 is 0. The van der Waals surface area contributed by atoms with E-state index in [-0.39, 0.29) is 11.5 Å². The third-order valence-corrected chi connectivity index (χ3v) is 3.99. The Morgan fingerprint density at radius 2 is 1.80 bits per heavy atom. The van der Waals surface area contributed by atoms with Gasteiger partial charge in [0.1, 0.15) is 0 Å². The molecule has 5 heteroatoms. The summed E-state index contributed by atoms with van der Waals surface area (Å²) in [5.74, 6) is 0.561. The maximum Gasteiger partial charge on any atom is 0.401 e. The summed E-state index contributed by atoms with van der Waals surface area (Å²) in [5, 5.41) is 3.40. The van der Waals surface area contributed by atoms with Crippen LogP contribution in [0.2, 0.25) is 0 Å². The van der Waals surface area contributed by atoms with Gasteiger partial charge in [0.25, 0.3) is 0 Å². The molecular weight excluding hydrogens is 265 g/mol. The largest absolute Gasteiger partial charge is 0.401 e. The summed E-state index contributed by atoms with van der Waals surface area (Å²) in [6.45, 7) is 9.88. The van der Waals surface area contributed by atoms with Gasteiger partial charge in [-0.15, -0.1) is 0 Å². The number of nitrogens with one attached hydrogen (secondary N) is 1. The Balaban J connectivity index is 2.53. The van der Waals surface area contributed by atoms with E-state index >= 15 is 0 Å². The van der Waals surface area contributed by atoms with Crippen LogP contribution in [0.5, 0.6) is 0 Å². The molecule has 120 valence electrons. The molecule has 0 aromatic heterocycles. The molecule has 0 radical (unpaired) electrons. The molecule has 1 aliphatic rings. The second-order valence-corrected chi connectivity index (χ2v) is 6.94. The number of nitrogens with zero attached hydrogens (tertiary/aromatic N) is 1. The van der Waals surface area contributed by atoms with Gasteiger partial charge in [0.15, 0.2) is 0 Å². The van der Waals surface area contributed by atoms with Crippen molar-refractivity contribution >= 4 is 0 Å². The number of halogens is 3.